The number of hydrogen-bond donors (Lipinski definition) is 1. The zero-order valence-electron chi connectivity index (χ0n) is 14.1. The van der Waals surface area contributed by atoms with Gasteiger partial charge in [0.25, 0.3) is 5.91 Å². The Kier molecular flexibility index (Phi) is 6.67. The van der Waals surface area contributed by atoms with Gasteiger partial charge >= 0.3 is 0 Å². The number of carbonyl (C=O) groups is 1. The Hall–Kier alpha value is -2.01. The smallest absolute Gasteiger partial charge is 0.259 e. The van der Waals surface area contributed by atoms with Crippen molar-refractivity contribution in [2.75, 3.05) is 19.0 Å². The maximum absolute atomic E-state index is 12.4. The molecule has 0 unspecified atom stereocenters. The van der Waals surface area contributed by atoms with Crippen LogP contribution in [0.25, 0.3) is 0 Å². The molecule has 0 spiro atoms. The van der Waals surface area contributed by atoms with Crippen LogP contribution in [-0.4, -0.2) is 19.6 Å². The number of rotatable bonds is 7. The van der Waals surface area contributed by atoms with Crippen LogP contribution in [0.15, 0.2) is 46.9 Å². The Morgan fingerprint density at radius 2 is 1.88 bits per heavy atom. The lowest BCUT2D eigenvalue weighted by Crippen LogP contribution is -2.13. The van der Waals surface area contributed by atoms with Crippen LogP contribution in [0.1, 0.15) is 30.6 Å². The summed E-state index contributed by atoms with van der Waals surface area (Å²) in [7, 11) is 1.54. The molecule has 0 aliphatic rings. The summed E-state index contributed by atoms with van der Waals surface area (Å²) in [6.45, 7) is 5.02. The average Bonchev–Trinajstić information content (AvgIpc) is 2.56. The third-order valence-electron chi connectivity index (χ3n) is 3.48. The molecule has 0 aliphatic heterocycles. The predicted octanol–water partition coefficient (Wildman–Crippen LogP) is 5.13. The van der Waals surface area contributed by atoms with E-state index in [0.717, 1.165) is 16.6 Å². The first kappa shape index (κ1) is 18.3. The second-order valence-corrected chi connectivity index (χ2v) is 6.77. The number of methoxy groups -OCH3 is 1. The summed E-state index contributed by atoms with van der Waals surface area (Å²) >= 11 is 3.37. The minimum absolute atomic E-state index is 0.221. The quantitative estimate of drug-likeness (QED) is 0.710. The topological polar surface area (TPSA) is 47.6 Å². The molecule has 0 aliphatic carbocycles. The summed E-state index contributed by atoms with van der Waals surface area (Å²) in [5.74, 6) is 1.73. The van der Waals surface area contributed by atoms with Crippen molar-refractivity contribution in [2.45, 2.75) is 20.3 Å². The fourth-order valence-corrected chi connectivity index (χ4v) is 2.46. The van der Waals surface area contributed by atoms with Gasteiger partial charge in [0.1, 0.15) is 11.5 Å². The van der Waals surface area contributed by atoms with Crippen molar-refractivity contribution < 1.29 is 14.3 Å². The molecule has 0 bridgehead atoms. The van der Waals surface area contributed by atoms with Crippen molar-refractivity contribution >= 4 is 27.5 Å². The molecule has 0 fully saturated rings. The first-order chi connectivity index (χ1) is 11.5. The number of nitrogens with one attached hydrogen (secondary N) is 1. The Labute approximate surface area is 151 Å². The second kappa shape index (κ2) is 8.73. The Balaban J connectivity index is 2.01. The molecule has 0 saturated heterocycles. The van der Waals surface area contributed by atoms with Gasteiger partial charge in [-0.3, -0.25) is 4.79 Å². The maximum Gasteiger partial charge on any atom is 0.259 e. The second-order valence-electron chi connectivity index (χ2n) is 5.85. The number of benzene rings is 2. The van der Waals surface area contributed by atoms with Crippen LogP contribution in [0.3, 0.4) is 0 Å². The van der Waals surface area contributed by atoms with Crippen molar-refractivity contribution in [1.29, 1.82) is 0 Å². The highest BCUT2D eigenvalue weighted by Crippen LogP contribution is 2.24. The van der Waals surface area contributed by atoms with Crippen LogP contribution in [0.5, 0.6) is 11.5 Å². The van der Waals surface area contributed by atoms with Crippen LogP contribution >= 0.6 is 15.9 Å². The van der Waals surface area contributed by atoms with E-state index in [9.17, 15) is 4.79 Å². The van der Waals surface area contributed by atoms with Gasteiger partial charge in [-0.25, -0.2) is 0 Å². The zero-order valence-corrected chi connectivity index (χ0v) is 15.7. The van der Waals surface area contributed by atoms with E-state index in [2.05, 4.69) is 35.1 Å². The molecule has 0 aromatic heterocycles. The minimum atomic E-state index is -0.221. The van der Waals surface area contributed by atoms with E-state index in [1.807, 2.05) is 30.3 Å². The number of halogens is 1. The first-order valence-corrected chi connectivity index (χ1v) is 8.66. The van der Waals surface area contributed by atoms with Crippen molar-refractivity contribution in [3.05, 3.63) is 52.5 Å². The van der Waals surface area contributed by atoms with Gasteiger partial charge < -0.3 is 14.8 Å². The van der Waals surface area contributed by atoms with E-state index < -0.39 is 0 Å². The average molecular weight is 392 g/mol. The lowest BCUT2D eigenvalue weighted by Gasteiger charge is -2.11. The van der Waals surface area contributed by atoms with E-state index in [0.29, 0.717) is 29.5 Å². The standard InChI is InChI=1S/C19H22BrNO3/c1-13(2)10-11-24-16-7-5-15(6-8-16)21-19(22)17-12-14(20)4-9-18(17)23-3/h4-9,12-13H,10-11H2,1-3H3,(H,21,22). The van der Waals surface area contributed by atoms with Crippen LogP contribution in [0, 0.1) is 5.92 Å². The van der Waals surface area contributed by atoms with E-state index >= 15 is 0 Å². The fraction of sp³-hybridized carbons (Fsp3) is 0.316. The molecule has 1 amide bonds. The highest BCUT2D eigenvalue weighted by atomic mass is 79.9. The zero-order chi connectivity index (χ0) is 17.5. The van der Waals surface area contributed by atoms with Crippen LogP contribution in [0.4, 0.5) is 5.69 Å². The van der Waals surface area contributed by atoms with Crippen LogP contribution in [-0.2, 0) is 0 Å². The molecule has 1 N–H and O–H groups in total. The molecule has 2 aromatic rings. The number of anilines is 1. The van der Waals surface area contributed by atoms with Gasteiger partial charge in [-0.05, 0) is 54.8 Å². The van der Waals surface area contributed by atoms with Crippen molar-refractivity contribution in [3.8, 4) is 11.5 Å². The summed E-state index contributed by atoms with van der Waals surface area (Å²) in [5, 5.41) is 2.87. The number of ether oxygens (including phenoxy) is 2. The molecule has 4 nitrogen and oxygen atoms in total. The minimum Gasteiger partial charge on any atom is -0.496 e. The SMILES string of the molecule is COc1ccc(Br)cc1C(=O)Nc1ccc(OCCC(C)C)cc1. The molecule has 2 aromatic carbocycles. The number of carbonyl (C=O) groups excluding carboxylic acids is 1. The number of amides is 1. The van der Waals surface area contributed by atoms with E-state index in [1.165, 1.54) is 0 Å². The molecule has 5 heteroatoms. The normalized spacial score (nSPS) is 10.5. The van der Waals surface area contributed by atoms with Gasteiger partial charge in [0.2, 0.25) is 0 Å². The number of hydrogen-bond acceptors (Lipinski definition) is 3. The summed E-state index contributed by atoms with van der Waals surface area (Å²) in [4.78, 5) is 12.4. The van der Waals surface area contributed by atoms with Gasteiger partial charge in [-0.2, -0.15) is 0 Å². The summed E-state index contributed by atoms with van der Waals surface area (Å²) in [5.41, 5.74) is 1.18. The van der Waals surface area contributed by atoms with E-state index in [1.54, 1.807) is 19.2 Å². The largest absolute Gasteiger partial charge is 0.496 e. The monoisotopic (exact) mass is 391 g/mol. The van der Waals surface area contributed by atoms with Crippen molar-refractivity contribution in [2.24, 2.45) is 5.92 Å². The lowest BCUT2D eigenvalue weighted by atomic mass is 10.1. The highest BCUT2D eigenvalue weighted by Gasteiger charge is 2.13. The van der Waals surface area contributed by atoms with E-state index in [4.69, 9.17) is 9.47 Å². The Morgan fingerprint density at radius 1 is 1.17 bits per heavy atom. The Morgan fingerprint density at radius 3 is 2.50 bits per heavy atom. The van der Waals surface area contributed by atoms with Crippen LogP contribution < -0.4 is 14.8 Å². The molecule has 128 valence electrons. The molecule has 0 radical (unpaired) electrons. The third kappa shape index (κ3) is 5.27. The molecular formula is C19H22BrNO3. The maximum atomic E-state index is 12.4. The molecule has 0 heterocycles. The molecule has 24 heavy (non-hydrogen) atoms. The molecule has 2 rings (SSSR count). The summed E-state index contributed by atoms with van der Waals surface area (Å²) in [6, 6.07) is 12.7. The molecular weight excluding hydrogens is 370 g/mol. The van der Waals surface area contributed by atoms with Crippen LogP contribution in [0.2, 0.25) is 0 Å². The van der Waals surface area contributed by atoms with Crippen molar-refractivity contribution in [1.82, 2.24) is 0 Å². The predicted molar refractivity (Wildman–Crippen MR) is 100 cm³/mol. The lowest BCUT2D eigenvalue weighted by molar-refractivity contribution is 0.102. The first-order valence-electron chi connectivity index (χ1n) is 7.87. The molecule has 0 saturated carbocycles. The molecule has 0 atom stereocenters. The summed E-state index contributed by atoms with van der Waals surface area (Å²) in [6.07, 6.45) is 1.02. The van der Waals surface area contributed by atoms with Crippen molar-refractivity contribution in [3.63, 3.8) is 0 Å². The highest BCUT2D eigenvalue weighted by molar-refractivity contribution is 9.10. The van der Waals surface area contributed by atoms with Gasteiger partial charge in [0.15, 0.2) is 0 Å². The third-order valence-corrected chi connectivity index (χ3v) is 3.98. The fourth-order valence-electron chi connectivity index (χ4n) is 2.10. The van der Waals surface area contributed by atoms with Gasteiger partial charge in [-0.1, -0.05) is 29.8 Å². The Bertz CT molecular complexity index is 684. The van der Waals surface area contributed by atoms with E-state index in [-0.39, 0.29) is 5.91 Å². The van der Waals surface area contributed by atoms with Gasteiger partial charge in [-0.15, -0.1) is 0 Å². The van der Waals surface area contributed by atoms with Gasteiger partial charge in [0.05, 0.1) is 19.3 Å². The van der Waals surface area contributed by atoms with Gasteiger partial charge in [0, 0.05) is 10.2 Å². The summed E-state index contributed by atoms with van der Waals surface area (Å²) < 4.78 is 11.7.